The summed E-state index contributed by atoms with van der Waals surface area (Å²) in [7, 11) is 26.8. The van der Waals surface area contributed by atoms with Crippen LogP contribution in [-0.2, 0) is 105 Å². The lowest BCUT2D eigenvalue weighted by Gasteiger charge is -2.47. The van der Waals surface area contributed by atoms with Gasteiger partial charge in [-0.1, -0.05) is 132 Å². The first kappa shape index (κ1) is 106. The van der Waals surface area contributed by atoms with Crippen molar-refractivity contribution in [3.8, 4) is 0 Å². The lowest BCUT2D eigenvalue weighted by Crippen LogP contribution is -2.57. The maximum atomic E-state index is 13.4. The number of nitrogens with zero attached hydrogens (tertiary/aromatic N) is 12. The van der Waals surface area contributed by atoms with E-state index in [2.05, 4.69) is 241 Å². The van der Waals surface area contributed by atoms with Gasteiger partial charge < -0.3 is 57.4 Å². The SMILES string of the molecule is CN1C(=O)C2(N=C1N)c1cc(Br)ccc1CC21CCC(N(C)C)CC1.CN1C(=O)C2(N=C1N)c1cc(Br)ccc1CC21CCC(N(C)C)CC1.CN1C(=O)NC2(C1=O)c1cc(Br)ccc1CC21CCC(=O)CC1.CN1C(=O)NC2(C1=O)c1cc(Br)ccc1CC21CCC(N(C)C)CC1.CN1C(=O)NC2(C1=O)c1cc(Br)ccc1CC21CCC(N(C)C)CC1.CN1C(=O)NC2(C1=O)c1cc(Br)ccc1CC21CCC(O)CC1. The third-order valence-corrected chi connectivity index (χ3v) is 41.3. The molecule has 36 heteroatoms. The second kappa shape index (κ2) is 38.3. The molecule has 6 aliphatic heterocycles. The van der Waals surface area contributed by atoms with E-state index in [4.69, 9.17) is 21.5 Å². The zero-order valence-corrected chi connectivity index (χ0v) is 95.2. The Labute approximate surface area is 905 Å². The highest BCUT2D eigenvalue weighted by Crippen LogP contribution is 2.69. The van der Waals surface area contributed by atoms with Gasteiger partial charge in [-0.2, -0.15) is 0 Å². The Morgan fingerprint density at radius 2 is 0.486 bits per heavy atom. The number of halogens is 6. The van der Waals surface area contributed by atoms with Crippen molar-refractivity contribution in [1.82, 2.24) is 70.3 Å². The number of fused-ring (bicyclic) bond motifs is 18. The number of amides is 14. The highest BCUT2D eigenvalue weighted by molar-refractivity contribution is 9.11. The van der Waals surface area contributed by atoms with Crippen molar-refractivity contribution in [1.29, 1.82) is 0 Å². The van der Waals surface area contributed by atoms with Gasteiger partial charge in [0.15, 0.2) is 45.2 Å². The number of urea groups is 4. The summed E-state index contributed by atoms with van der Waals surface area (Å²) in [6, 6.07) is 37.8. The summed E-state index contributed by atoms with van der Waals surface area (Å²) < 4.78 is 5.65. The van der Waals surface area contributed by atoms with Crippen LogP contribution in [0.4, 0.5) is 19.2 Å². The van der Waals surface area contributed by atoms with E-state index in [1.54, 1.807) is 28.2 Å². The molecule has 778 valence electrons. The summed E-state index contributed by atoms with van der Waals surface area (Å²) in [4.78, 5) is 168. The molecule has 10 fully saturated rings. The number of carbonyl (C=O) groups excluding carboxylic acids is 11. The number of likely N-dealkylation sites (N-methyl/N-ethyl adjacent to an activating group) is 6. The zero-order valence-electron chi connectivity index (χ0n) is 85.7. The van der Waals surface area contributed by atoms with E-state index in [9.17, 15) is 57.8 Å². The quantitative estimate of drug-likeness (QED) is 0.0806. The number of hydrogen-bond donors (Lipinski definition) is 7. The van der Waals surface area contributed by atoms with Crippen LogP contribution in [0.25, 0.3) is 0 Å². The summed E-state index contributed by atoms with van der Waals surface area (Å²) in [6.07, 6.45) is 26.1. The molecule has 14 amide bonds. The standard InChI is InChI=1S/2C19H25BrN4O.2C19H24BrN3O2.C17H19BrN2O3.C17H17BrN2O3/c2*1-23(2)14-6-8-18(9-7-14)11-12-4-5-13(20)10-15(12)19(18)16(25)24(3)17(21)22-19;2*1-22(2)14-6-8-18(9-7-14)11-12-4-5-13(20)10-15(12)19(18)16(24)23(3)17(25)21-19;2*1-20-14(22)17(19-15(20)23)13-8-11(18)3-2-10(13)9-16(17)6-4-12(21)5-7-16/h2*4-5,10,14H,6-9,11H2,1-3H3,(H2,21,22);2*4-5,10,14H,6-9,11H2,1-3H3,(H,21,25);2-3,8,12,21H,4-7,9H2,1H3,(H,19,23);2-3,8H,4-7,9H2,1H3,(H,19,23). The Bertz CT molecular complexity index is 6220. The summed E-state index contributed by atoms with van der Waals surface area (Å²) in [5.41, 5.74) is 18.1. The Morgan fingerprint density at radius 1 is 0.288 bits per heavy atom. The highest BCUT2D eigenvalue weighted by Gasteiger charge is 2.74. The largest absolute Gasteiger partial charge is 0.393 e. The second-order valence-electron chi connectivity index (χ2n) is 45.9. The van der Waals surface area contributed by atoms with Crippen LogP contribution in [-0.4, -0.2) is 260 Å². The number of aliphatic hydroxyl groups excluding tert-OH is 1. The van der Waals surface area contributed by atoms with E-state index in [0.717, 1.165) is 225 Å². The Morgan fingerprint density at radius 3 is 0.692 bits per heavy atom. The van der Waals surface area contributed by atoms with Gasteiger partial charge in [0.2, 0.25) is 0 Å². The van der Waals surface area contributed by atoms with Gasteiger partial charge in [0.25, 0.3) is 35.4 Å². The molecule has 0 bridgehead atoms. The molecule has 0 radical (unpaired) electrons. The molecule has 6 heterocycles. The number of aliphatic imine (C=N–C) groups is 2. The number of Topliss-reactive ketones (excluding diaryl/α,β-unsaturated/α-hetero) is 1. The van der Waals surface area contributed by atoms with Crippen LogP contribution in [0.3, 0.4) is 0 Å². The lowest BCUT2D eigenvalue weighted by molar-refractivity contribution is -0.139. The van der Waals surface area contributed by atoms with Crippen molar-refractivity contribution in [2.75, 3.05) is 98.7 Å². The average molecular weight is 2380 g/mol. The minimum absolute atomic E-state index is 0.0325. The third kappa shape index (κ3) is 15.9. The molecule has 6 aromatic carbocycles. The van der Waals surface area contributed by atoms with Crippen molar-refractivity contribution in [3.63, 3.8) is 0 Å². The fourth-order valence-corrected chi connectivity index (χ4v) is 32.3. The number of hydrogen-bond acceptors (Lipinski definition) is 20. The first-order valence-corrected chi connectivity index (χ1v) is 56.0. The number of aliphatic hydroxyl groups is 1. The molecule has 24 rings (SSSR count). The summed E-state index contributed by atoms with van der Waals surface area (Å²) in [5, 5.41) is 22.2. The first-order valence-electron chi connectivity index (χ1n) is 51.3. The van der Waals surface area contributed by atoms with Crippen molar-refractivity contribution >= 4 is 173 Å². The fourth-order valence-electron chi connectivity index (χ4n) is 30.2. The number of benzene rings is 6. The first-order chi connectivity index (χ1) is 69.0. The summed E-state index contributed by atoms with van der Waals surface area (Å²) in [6.45, 7) is 0. The molecule has 9 N–H and O–H groups in total. The van der Waals surface area contributed by atoms with E-state index in [1.165, 1.54) is 65.7 Å². The molecule has 146 heavy (non-hydrogen) atoms. The van der Waals surface area contributed by atoms with Crippen LogP contribution in [0.2, 0.25) is 0 Å². The normalized spacial score (nSPS) is 33.7. The smallest absolute Gasteiger partial charge is 0.325 e. The minimum Gasteiger partial charge on any atom is -0.393 e. The van der Waals surface area contributed by atoms with Gasteiger partial charge in [-0.05, 0) is 376 Å². The molecule has 4 saturated heterocycles. The molecule has 6 aromatic rings. The minimum atomic E-state index is -1.03. The second-order valence-corrected chi connectivity index (χ2v) is 51.4. The van der Waals surface area contributed by atoms with E-state index in [1.807, 2.05) is 60.7 Å². The molecule has 6 atom stereocenters. The van der Waals surface area contributed by atoms with Gasteiger partial charge in [0.05, 0.1) is 6.10 Å². The number of nitrogens with one attached hydrogen (secondary N) is 4. The molecule has 12 aliphatic carbocycles. The monoisotopic (exact) mass is 2370 g/mol. The number of carbonyl (C=O) groups is 11. The number of guanidine groups is 2. The molecular formula is C110H134Br6N18O12. The molecular weight excluding hydrogens is 2240 g/mol. The number of rotatable bonds is 4. The van der Waals surface area contributed by atoms with E-state index >= 15 is 0 Å². The molecule has 6 unspecified atom stereocenters. The van der Waals surface area contributed by atoms with Crippen molar-refractivity contribution in [2.24, 2.45) is 53.9 Å². The van der Waals surface area contributed by atoms with Crippen molar-refractivity contribution < 1.29 is 57.8 Å². The Kier molecular flexibility index (Phi) is 27.7. The zero-order chi connectivity index (χ0) is 105. The Balaban J connectivity index is 0.000000111. The van der Waals surface area contributed by atoms with Crippen LogP contribution in [0, 0.1) is 32.5 Å². The summed E-state index contributed by atoms with van der Waals surface area (Å²) >= 11 is 21.2. The maximum absolute atomic E-state index is 13.4. The Hall–Kier alpha value is -8.69. The predicted octanol–water partition coefficient (Wildman–Crippen LogP) is 15.5. The fraction of sp³-hybridized carbons (Fsp3) is 0.555. The van der Waals surface area contributed by atoms with Crippen LogP contribution in [0.15, 0.2) is 146 Å². The van der Waals surface area contributed by atoms with Gasteiger partial charge in [0, 0.05) is 139 Å². The number of imide groups is 4. The lowest BCUT2D eigenvalue weighted by atomic mass is 9.61. The molecule has 6 saturated carbocycles. The van der Waals surface area contributed by atoms with E-state index in [-0.39, 0.29) is 98.5 Å². The maximum Gasteiger partial charge on any atom is 0.325 e. The van der Waals surface area contributed by atoms with Gasteiger partial charge in [-0.25, -0.2) is 29.2 Å². The van der Waals surface area contributed by atoms with Crippen LogP contribution < -0.4 is 32.7 Å². The number of nitrogens with two attached hydrogens (primary N) is 2. The average Bonchev–Trinajstić information content (AvgIpc) is 1.55. The highest BCUT2D eigenvalue weighted by atomic mass is 79.9. The third-order valence-electron chi connectivity index (χ3n) is 38.3. The van der Waals surface area contributed by atoms with E-state index < -0.39 is 38.6 Å². The van der Waals surface area contributed by atoms with Crippen LogP contribution in [0.1, 0.15) is 221 Å². The molecule has 12 spiro atoms. The predicted molar refractivity (Wildman–Crippen MR) is 577 cm³/mol. The molecule has 30 nitrogen and oxygen atoms in total. The number of ketones is 1. The van der Waals surface area contributed by atoms with Gasteiger partial charge in [-0.3, -0.25) is 63.0 Å². The van der Waals surface area contributed by atoms with Crippen LogP contribution in [0.5, 0.6) is 0 Å². The van der Waals surface area contributed by atoms with Crippen molar-refractivity contribution in [2.45, 2.75) is 256 Å². The van der Waals surface area contributed by atoms with E-state index in [0.29, 0.717) is 74.6 Å². The topological polar surface area (TPSA) is 365 Å². The van der Waals surface area contributed by atoms with Gasteiger partial charge in [0.1, 0.15) is 5.78 Å². The van der Waals surface area contributed by atoms with Gasteiger partial charge in [-0.15, -0.1) is 0 Å². The van der Waals surface area contributed by atoms with Crippen LogP contribution >= 0.6 is 95.6 Å². The van der Waals surface area contributed by atoms with Gasteiger partial charge >= 0.3 is 24.1 Å². The molecule has 18 aliphatic rings. The molecule has 0 aromatic heterocycles. The van der Waals surface area contributed by atoms with Crippen molar-refractivity contribution in [3.05, 3.63) is 203 Å². The summed E-state index contributed by atoms with van der Waals surface area (Å²) in [5.74, 6) is 0.418.